The second kappa shape index (κ2) is 5.72. The zero-order chi connectivity index (χ0) is 12.1. The first-order valence-corrected chi connectivity index (χ1v) is 5.90. The molecule has 0 saturated carbocycles. The van der Waals surface area contributed by atoms with Crippen LogP contribution in [0.4, 0.5) is 0 Å². The van der Waals surface area contributed by atoms with E-state index in [-0.39, 0.29) is 18.1 Å². The summed E-state index contributed by atoms with van der Waals surface area (Å²) in [5, 5.41) is 16.3. The first kappa shape index (κ1) is 12.0. The highest BCUT2D eigenvalue weighted by Crippen LogP contribution is 2.16. The number of hydrogen-bond donors (Lipinski definition) is 2. The van der Waals surface area contributed by atoms with Crippen molar-refractivity contribution in [3.8, 4) is 0 Å². The Morgan fingerprint density at radius 3 is 3.18 bits per heavy atom. The molecule has 1 aliphatic rings. The molecule has 94 valence electrons. The quantitative estimate of drug-likeness (QED) is 0.790. The van der Waals surface area contributed by atoms with E-state index in [1.165, 1.54) is 0 Å². The number of carbonyl (C=O) groups excluding carboxylic acids is 1. The van der Waals surface area contributed by atoms with Gasteiger partial charge in [0.05, 0.1) is 18.6 Å². The number of carbonyl (C=O) groups is 1. The standard InChI is InChI=1S/C10H17N5O2/c1-7(10-12-14-15-13-10)11-9(16)6-8-4-2-3-5-17-8/h7-8H,2-6H2,1H3,(H,11,16)(H,12,13,14,15). The van der Waals surface area contributed by atoms with E-state index < -0.39 is 0 Å². The summed E-state index contributed by atoms with van der Waals surface area (Å²) < 4.78 is 5.51. The van der Waals surface area contributed by atoms with Crippen LogP contribution in [0.1, 0.15) is 44.5 Å². The molecule has 2 N–H and O–H groups in total. The predicted octanol–water partition coefficient (Wildman–Crippen LogP) is 0.336. The van der Waals surface area contributed by atoms with Crippen molar-refractivity contribution in [3.63, 3.8) is 0 Å². The topological polar surface area (TPSA) is 92.8 Å². The van der Waals surface area contributed by atoms with Crippen molar-refractivity contribution < 1.29 is 9.53 Å². The summed E-state index contributed by atoms with van der Waals surface area (Å²) in [6, 6.07) is -0.232. The lowest BCUT2D eigenvalue weighted by atomic mass is 10.1. The molecule has 1 aromatic rings. The van der Waals surface area contributed by atoms with Gasteiger partial charge in [-0.2, -0.15) is 5.21 Å². The fourth-order valence-corrected chi connectivity index (χ4v) is 1.89. The van der Waals surface area contributed by atoms with Gasteiger partial charge in [-0.25, -0.2) is 0 Å². The maximum Gasteiger partial charge on any atom is 0.223 e. The third-order valence-electron chi connectivity index (χ3n) is 2.81. The highest BCUT2D eigenvalue weighted by Gasteiger charge is 2.20. The van der Waals surface area contributed by atoms with E-state index in [1.807, 2.05) is 6.92 Å². The highest BCUT2D eigenvalue weighted by molar-refractivity contribution is 5.76. The van der Waals surface area contributed by atoms with Gasteiger partial charge in [0.1, 0.15) is 0 Å². The molecular weight excluding hydrogens is 222 g/mol. The van der Waals surface area contributed by atoms with Crippen molar-refractivity contribution in [1.82, 2.24) is 25.9 Å². The van der Waals surface area contributed by atoms with Crippen molar-refractivity contribution >= 4 is 5.91 Å². The molecule has 0 radical (unpaired) electrons. The molecule has 2 unspecified atom stereocenters. The Hall–Kier alpha value is -1.50. The molecule has 7 heteroatoms. The average Bonchev–Trinajstić information content (AvgIpc) is 2.83. The number of nitrogens with one attached hydrogen (secondary N) is 2. The van der Waals surface area contributed by atoms with Crippen LogP contribution in [0.2, 0.25) is 0 Å². The van der Waals surface area contributed by atoms with Gasteiger partial charge in [0.15, 0.2) is 5.82 Å². The summed E-state index contributed by atoms with van der Waals surface area (Å²) in [4.78, 5) is 11.7. The van der Waals surface area contributed by atoms with E-state index in [2.05, 4.69) is 25.9 Å². The Morgan fingerprint density at radius 2 is 2.53 bits per heavy atom. The van der Waals surface area contributed by atoms with Gasteiger partial charge in [0.2, 0.25) is 5.91 Å². The van der Waals surface area contributed by atoms with E-state index in [9.17, 15) is 4.79 Å². The molecule has 1 fully saturated rings. The third-order valence-corrected chi connectivity index (χ3v) is 2.81. The number of nitrogens with zero attached hydrogens (tertiary/aromatic N) is 3. The van der Waals surface area contributed by atoms with E-state index >= 15 is 0 Å². The summed E-state index contributed by atoms with van der Waals surface area (Å²) in [5.74, 6) is 0.456. The number of tetrazole rings is 1. The van der Waals surface area contributed by atoms with Crippen LogP contribution in [0.5, 0.6) is 0 Å². The lowest BCUT2D eigenvalue weighted by Gasteiger charge is -2.22. The van der Waals surface area contributed by atoms with Crippen molar-refractivity contribution in [2.75, 3.05) is 6.61 Å². The van der Waals surface area contributed by atoms with Crippen molar-refractivity contribution in [2.45, 2.75) is 44.8 Å². The molecule has 2 heterocycles. The number of rotatable bonds is 4. The minimum atomic E-state index is -0.232. The zero-order valence-corrected chi connectivity index (χ0v) is 9.85. The largest absolute Gasteiger partial charge is 0.378 e. The SMILES string of the molecule is CC(NC(=O)CC1CCCCO1)c1nn[nH]n1. The van der Waals surface area contributed by atoms with Crippen LogP contribution in [0.3, 0.4) is 0 Å². The molecule has 1 aromatic heterocycles. The summed E-state index contributed by atoms with van der Waals surface area (Å²) in [6.07, 6.45) is 3.66. The minimum Gasteiger partial charge on any atom is -0.378 e. The summed E-state index contributed by atoms with van der Waals surface area (Å²) >= 11 is 0. The van der Waals surface area contributed by atoms with Crippen molar-refractivity contribution in [1.29, 1.82) is 0 Å². The molecule has 0 aromatic carbocycles. The molecule has 1 saturated heterocycles. The minimum absolute atomic E-state index is 0.0331. The summed E-state index contributed by atoms with van der Waals surface area (Å²) in [5.41, 5.74) is 0. The van der Waals surface area contributed by atoms with Crippen LogP contribution < -0.4 is 5.32 Å². The van der Waals surface area contributed by atoms with Gasteiger partial charge in [-0.3, -0.25) is 4.79 Å². The van der Waals surface area contributed by atoms with Gasteiger partial charge >= 0.3 is 0 Å². The lowest BCUT2D eigenvalue weighted by Crippen LogP contribution is -2.32. The molecule has 2 atom stereocenters. The van der Waals surface area contributed by atoms with Gasteiger partial charge in [-0.1, -0.05) is 5.21 Å². The maximum atomic E-state index is 11.7. The molecule has 7 nitrogen and oxygen atoms in total. The van der Waals surface area contributed by atoms with Gasteiger partial charge in [-0.05, 0) is 26.2 Å². The van der Waals surface area contributed by atoms with Gasteiger partial charge in [0, 0.05) is 6.61 Å². The van der Waals surface area contributed by atoms with Crippen LogP contribution in [0.25, 0.3) is 0 Å². The van der Waals surface area contributed by atoms with E-state index in [1.54, 1.807) is 0 Å². The molecular formula is C10H17N5O2. The third kappa shape index (κ3) is 3.48. The second-order valence-corrected chi connectivity index (χ2v) is 4.25. The number of aromatic amines is 1. The number of H-pyrrole nitrogens is 1. The average molecular weight is 239 g/mol. The fraction of sp³-hybridized carbons (Fsp3) is 0.800. The smallest absolute Gasteiger partial charge is 0.223 e. The Kier molecular flexibility index (Phi) is 4.03. The van der Waals surface area contributed by atoms with Gasteiger partial charge in [-0.15, -0.1) is 10.2 Å². The maximum absolute atomic E-state index is 11.7. The van der Waals surface area contributed by atoms with Crippen molar-refractivity contribution in [3.05, 3.63) is 5.82 Å². The van der Waals surface area contributed by atoms with E-state index in [4.69, 9.17) is 4.74 Å². The van der Waals surface area contributed by atoms with Crippen LogP contribution in [-0.2, 0) is 9.53 Å². The summed E-state index contributed by atoms with van der Waals surface area (Å²) in [6.45, 7) is 2.59. The predicted molar refractivity (Wildman–Crippen MR) is 58.9 cm³/mol. The molecule has 0 aliphatic carbocycles. The lowest BCUT2D eigenvalue weighted by molar-refractivity contribution is -0.125. The molecule has 17 heavy (non-hydrogen) atoms. The Bertz CT molecular complexity index is 348. The molecule has 0 bridgehead atoms. The summed E-state index contributed by atoms with van der Waals surface area (Å²) in [7, 11) is 0. The van der Waals surface area contributed by atoms with Crippen LogP contribution in [-0.4, -0.2) is 39.2 Å². The van der Waals surface area contributed by atoms with Crippen LogP contribution in [0, 0.1) is 0 Å². The van der Waals surface area contributed by atoms with Crippen LogP contribution in [0.15, 0.2) is 0 Å². The number of aromatic nitrogens is 4. The number of ether oxygens (including phenoxy) is 1. The molecule has 0 spiro atoms. The first-order chi connectivity index (χ1) is 8.25. The van der Waals surface area contributed by atoms with E-state index in [0.29, 0.717) is 12.2 Å². The van der Waals surface area contributed by atoms with Crippen LogP contribution >= 0.6 is 0 Å². The Labute approximate surface area is 99.3 Å². The Morgan fingerprint density at radius 1 is 1.65 bits per heavy atom. The molecule has 1 aliphatic heterocycles. The highest BCUT2D eigenvalue weighted by atomic mass is 16.5. The van der Waals surface area contributed by atoms with Gasteiger partial charge in [0.25, 0.3) is 0 Å². The van der Waals surface area contributed by atoms with Crippen molar-refractivity contribution in [2.24, 2.45) is 0 Å². The second-order valence-electron chi connectivity index (χ2n) is 4.25. The number of hydrogen-bond acceptors (Lipinski definition) is 5. The Balaban J connectivity index is 1.76. The molecule has 2 rings (SSSR count). The molecule has 1 amide bonds. The normalized spacial score (nSPS) is 22.1. The zero-order valence-electron chi connectivity index (χ0n) is 9.85. The fourth-order valence-electron chi connectivity index (χ4n) is 1.89. The monoisotopic (exact) mass is 239 g/mol. The first-order valence-electron chi connectivity index (χ1n) is 5.90. The number of amides is 1. The van der Waals surface area contributed by atoms with E-state index in [0.717, 1.165) is 25.9 Å². The van der Waals surface area contributed by atoms with Gasteiger partial charge < -0.3 is 10.1 Å².